The first kappa shape index (κ1) is 11.9. The third-order valence-corrected chi connectivity index (χ3v) is 2.10. The van der Waals surface area contributed by atoms with Gasteiger partial charge in [0.05, 0.1) is 0 Å². The quantitative estimate of drug-likeness (QED) is 0.667. The minimum atomic E-state index is -0.0393. The fraction of sp³-hybridized carbons (Fsp3) is 0.545. The van der Waals surface area contributed by atoms with Crippen LogP contribution in [0.2, 0.25) is 0 Å². The largest absolute Gasteiger partial charge is 0.325 e. The lowest BCUT2D eigenvalue weighted by Gasteiger charge is -2.09. The first-order valence-corrected chi connectivity index (χ1v) is 5.22. The lowest BCUT2D eigenvalue weighted by Crippen LogP contribution is -2.22. The summed E-state index contributed by atoms with van der Waals surface area (Å²) in [5, 5.41) is 3.29. The van der Waals surface area contributed by atoms with Crippen molar-refractivity contribution in [1.29, 1.82) is 0 Å². The molecule has 0 amide bonds. The predicted molar refractivity (Wildman–Crippen MR) is 61.9 cm³/mol. The topological polar surface area (TPSA) is 48.1 Å². The molecule has 84 valence electrons. The van der Waals surface area contributed by atoms with Crippen LogP contribution in [0.4, 0.5) is 0 Å². The van der Waals surface area contributed by atoms with Gasteiger partial charge in [-0.1, -0.05) is 6.07 Å². The maximum atomic E-state index is 11.0. The second-order valence-electron chi connectivity index (χ2n) is 3.87. The number of hydrogen-bond acceptors (Lipinski definition) is 3. The van der Waals surface area contributed by atoms with Gasteiger partial charge >= 0.3 is 0 Å². The van der Waals surface area contributed by atoms with E-state index in [0.717, 1.165) is 31.7 Å². The summed E-state index contributed by atoms with van der Waals surface area (Å²) in [5.74, 6) is 0. The Morgan fingerprint density at radius 2 is 2.20 bits per heavy atom. The van der Waals surface area contributed by atoms with Gasteiger partial charge in [0.25, 0.3) is 0 Å². The molecular weight excluding hydrogens is 190 g/mol. The number of aromatic nitrogens is 1. The van der Waals surface area contributed by atoms with Gasteiger partial charge < -0.3 is 15.2 Å². The van der Waals surface area contributed by atoms with Crippen molar-refractivity contribution in [2.75, 3.05) is 27.2 Å². The lowest BCUT2D eigenvalue weighted by molar-refractivity contribution is 0.394. The molecule has 0 aromatic carbocycles. The monoisotopic (exact) mass is 209 g/mol. The first-order chi connectivity index (χ1) is 7.18. The van der Waals surface area contributed by atoms with Crippen LogP contribution in [0.25, 0.3) is 0 Å². The Labute approximate surface area is 90.3 Å². The van der Waals surface area contributed by atoms with E-state index in [2.05, 4.69) is 29.3 Å². The Hall–Kier alpha value is -1.13. The maximum Gasteiger partial charge on any atom is 0.248 e. The molecular formula is C11H19N3O. The molecule has 0 saturated carbocycles. The number of H-pyrrole nitrogens is 1. The average molecular weight is 209 g/mol. The Morgan fingerprint density at radius 1 is 1.40 bits per heavy atom. The van der Waals surface area contributed by atoms with Gasteiger partial charge in [0.1, 0.15) is 0 Å². The van der Waals surface area contributed by atoms with E-state index in [-0.39, 0.29) is 5.56 Å². The Kier molecular flexibility index (Phi) is 5.07. The van der Waals surface area contributed by atoms with Crippen LogP contribution in [0.5, 0.6) is 0 Å². The van der Waals surface area contributed by atoms with Crippen molar-refractivity contribution in [3.8, 4) is 0 Å². The van der Waals surface area contributed by atoms with Crippen LogP contribution in [-0.4, -0.2) is 37.1 Å². The lowest BCUT2D eigenvalue weighted by atomic mass is 10.3. The van der Waals surface area contributed by atoms with E-state index in [9.17, 15) is 4.79 Å². The Bertz CT molecular complexity index is 333. The number of pyridine rings is 1. The van der Waals surface area contributed by atoms with Crippen LogP contribution in [-0.2, 0) is 6.54 Å². The summed E-state index contributed by atoms with van der Waals surface area (Å²) < 4.78 is 0. The van der Waals surface area contributed by atoms with Gasteiger partial charge in [-0.15, -0.1) is 0 Å². The zero-order chi connectivity index (χ0) is 11.1. The molecule has 2 N–H and O–H groups in total. The van der Waals surface area contributed by atoms with Crippen LogP contribution in [0.1, 0.15) is 12.1 Å². The molecule has 1 rings (SSSR count). The van der Waals surface area contributed by atoms with Gasteiger partial charge in [0, 0.05) is 18.3 Å². The van der Waals surface area contributed by atoms with E-state index in [4.69, 9.17) is 0 Å². The van der Waals surface area contributed by atoms with Crippen molar-refractivity contribution in [2.24, 2.45) is 0 Å². The van der Waals surface area contributed by atoms with Gasteiger partial charge in [-0.3, -0.25) is 4.79 Å². The summed E-state index contributed by atoms with van der Waals surface area (Å²) in [5.41, 5.74) is 0.898. The normalized spacial score (nSPS) is 10.9. The Morgan fingerprint density at radius 3 is 2.87 bits per heavy atom. The number of nitrogens with one attached hydrogen (secondary N) is 2. The fourth-order valence-corrected chi connectivity index (χ4v) is 1.34. The molecule has 0 aliphatic heterocycles. The summed E-state index contributed by atoms with van der Waals surface area (Å²) in [6.45, 7) is 2.77. The number of aromatic amines is 1. The van der Waals surface area contributed by atoms with Crippen molar-refractivity contribution in [3.05, 3.63) is 34.2 Å². The highest BCUT2D eigenvalue weighted by atomic mass is 16.1. The van der Waals surface area contributed by atoms with E-state index >= 15 is 0 Å². The van der Waals surface area contributed by atoms with E-state index in [1.807, 2.05) is 6.07 Å². The minimum absolute atomic E-state index is 0.0393. The van der Waals surface area contributed by atoms with E-state index < -0.39 is 0 Å². The third-order valence-electron chi connectivity index (χ3n) is 2.10. The highest BCUT2D eigenvalue weighted by Crippen LogP contribution is 1.89. The highest BCUT2D eigenvalue weighted by Gasteiger charge is 1.93. The molecule has 0 unspecified atom stereocenters. The van der Waals surface area contributed by atoms with Crippen LogP contribution in [0.15, 0.2) is 23.0 Å². The summed E-state index contributed by atoms with van der Waals surface area (Å²) in [4.78, 5) is 15.9. The fourth-order valence-electron chi connectivity index (χ4n) is 1.34. The molecule has 1 aromatic rings. The molecule has 4 heteroatoms. The molecule has 0 saturated heterocycles. The third kappa shape index (κ3) is 5.34. The van der Waals surface area contributed by atoms with Crippen LogP contribution in [0, 0.1) is 0 Å². The molecule has 0 fully saturated rings. The minimum Gasteiger partial charge on any atom is -0.325 e. The van der Waals surface area contributed by atoms with Gasteiger partial charge in [-0.2, -0.15) is 0 Å². The van der Waals surface area contributed by atoms with Crippen molar-refractivity contribution < 1.29 is 0 Å². The molecule has 1 aromatic heterocycles. The second kappa shape index (κ2) is 6.37. The summed E-state index contributed by atoms with van der Waals surface area (Å²) in [6.07, 6.45) is 1.12. The van der Waals surface area contributed by atoms with Gasteiger partial charge in [0.15, 0.2) is 0 Å². The number of nitrogens with zero attached hydrogens (tertiary/aromatic N) is 1. The van der Waals surface area contributed by atoms with Crippen LogP contribution >= 0.6 is 0 Å². The van der Waals surface area contributed by atoms with Crippen LogP contribution < -0.4 is 10.9 Å². The van der Waals surface area contributed by atoms with E-state index in [0.29, 0.717) is 0 Å². The predicted octanol–water partition coefficient (Wildman–Crippen LogP) is 0.416. The molecule has 4 nitrogen and oxygen atoms in total. The zero-order valence-electron chi connectivity index (χ0n) is 9.42. The Balaban J connectivity index is 2.18. The van der Waals surface area contributed by atoms with Gasteiger partial charge in [-0.25, -0.2) is 0 Å². The SMILES string of the molecule is CN(C)CCCNCc1cccc(=O)[nH]1. The van der Waals surface area contributed by atoms with E-state index in [1.54, 1.807) is 6.07 Å². The molecule has 0 spiro atoms. The smallest absolute Gasteiger partial charge is 0.248 e. The standard InChI is InChI=1S/C11H19N3O/c1-14(2)8-4-7-12-9-10-5-3-6-11(15)13-10/h3,5-6,12H,4,7-9H2,1-2H3,(H,13,15). The first-order valence-electron chi connectivity index (χ1n) is 5.22. The van der Waals surface area contributed by atoms with Crippen molar-refractivity contribution in [2.45, 2.75) is 13.0 Å². The van der Waals surface area contributed by atoms with E-state index in [1.165, 1.54) is 6.07 Å². The van der Waals surface area contributed by atoms with Gasteiger partial charge in [-0.05, 0) is 39.7 Å². The molecule has 15 heavy (non-hydrogen) atoms. The highest BCUT2D eigenvalue weighted by molar-refractivity contribution is 5.03. The molecule has 0 aliphatic rings. The molecule has 0 aliphatic carbocycles. The summed E-state index contributed by atoms with van der Waals surface area (Å²) in [6, 6.07) is 5.21. The molecule has 0 radical (unpaired) electrons. The average Bonchev–Trinajstić information content (AvgIpc) is 2.17. The summed E-state index contributed by atoms with van der Waals surface area (Å²) >= 11 is 0. The number of hydrogen-bond donors (Lipinski definition) is 2. The number of rotatable bonds is 6. The van der Waals surface area contributed by atoms with Crippen molar-refractivity contribution in [1.82, 2.24) is 15.2 Å². The molecule has 0 atom stereocenters. The zero-order valence-corrected chi connectivity index (χ0v) is 9.42. The molecule has 0 bridgehead atoms. The van der Waals surface area contributed by atoms with Crippen molar-refractivity contribution >= 4 is 0 Å². The van der Waals surface area contributed by atoms with Gasteiger partial charge in [0.2, 0.25) is 5.56 Å². The van der Waals surface area contributed by atoms with Crippen molar-refractivity contribution in [3.63, 3.8) is 0 Å². The molecule has 1 heterocycles. The second-order valence-corrected chi connectivity index (χ2v) is 3.87. The maximum absolute atomic E-state index is 11.0. The summed E-state index contributed by atoms with van der Waals surface area (Å²) in [7, 11) is 4.13. The van der Waals surface area contributed by atoms with Crippen LogP contribution in [0.3, 0.4) is 0 Å².